The maximum Gasteiger partial charge on any atom is 0.164 e. The molecule has 12 aromatic carbocycles. The van der Waals surface area contributed by atoms with Gasteiger partial charge in [0, 0.05) is 67.9 Å². The van der Waals surface area contributed by atoms with E-state index in [1.54, 1.807) is 0 Å². The van der Waals surface area contributed by atoms with Crippen molar-refractivity contribution in [1.82, 2.24) is 15.0 Å². The molecule has 1 aromatic heterocycles. The number of benzene rings is 12. The van der Waals surface area contributed by atoms with Gasteiger partial charge in [0.25, 0.3) is 0 Å². The third-order valence-electron chi connectivity index (χ3n) is 15.1. The van der Waals surface area contributed by atoms with Crippen molar-refractivity contribution in [2.24, 2.45) is 0 Å². The Morgan fingerprint density at radius 2 is 0.310 bits per heavy atom. The fourth-order valence-corrected chi connectivity index (χ4v) is 10.6. The zero-order valence-corrected chi connectivity index (χ0v) is 47.8. The smallest absolute Gasteiger partial charge is 0.164 e. The van der Waals surface area contributed by atoms with E-state index in [-0.39, 0.29) is 0 Å². The quantitative estimate of drug-likeness (QED) is 0.0798. The Hall–Kier alpha value is -11.7. The lowest BCUT2D eigenvalue weighted by atomic mass is 10.1. The Morgan fingerprint density at radius 3 is 0.483 bits per heavy atom. The van der Waals surface area contributed by atoms with Crippen molar-refractivity contribution in [3.05, 3.63) is 361 Å². The molecule has 414 valence electrons. The predicted octanol–water partition coefficient (Wildman–Crippen LogP) is 21.8. The van der Waals surface area contributed by atoms with Crippen LogP contribution in [0.3, 0.4) is 0 Å². The second-order valence-corrected chi connectivity index (χ2v) is 21.0. The molecule has 0 aliphatic rings. The van der Waals surface area contributed by atoms with Crippen molar-refractivity contribution in [1.29, 1.82) is 0 Å². The molecular weight excluding hydrogens is 1060 g/mol. The van der Waals surface area contributed by atoms with Crippen LogP contribution in [0.1, 0.15) is 33.4 Å². The van der Waals surface area contributed by atoms with Gasteiger partial charge in [0.05, 0.1) is 0 Å². The van der Waals surface area contributed by atoms with Crippen LogP contribution in [0, 0.1) is 0 Å². The summed E-state index contributed by atoms with van der Waals surface area (Å²) in [5.74, 6) is 1.79. The van der Waals surface area contributed by atoms with E-state index in [4.69, 9.17) is 15.0 Å². The summed E-state index contributed by atoms with van der Waals surface area (Å²) in [4.78, 5) is 22.2. The molecule has 6 heteroatoms. The van der Waals surface area contributed by atoms with Gasteiger partial charge in [0.2, 0.25) is 0 Å². The maximum absolute atomic E-state index is 5.13. The number of hydrogen-bond acceptors (Lipinski definition) is 6. The van der Waals surface area contributed by atoms with Crippen LogP contribution in [-0.2, 0) is 0 Å². The minimum absolute atomic E-state index is 0.596. The zero-order valence-electron chi connectivity index (χ0n) is 47.8. The van der Waals surface area contributed by atoms with Crippen molar-refractivity contribution in [3.8, 4) is 34.2 Å². The maximum atomic E-state index is 5.13. The molecule has 0 saturated heterocycles. The molecule has 0 aliphatic carbocycles. The molecule has 0 amide bonds. The standard InChI is InChI=1S/C81H60N6/c1-7-19-70(20-8-1)85(71-21-9-2-10-22-71)76-55-43-64(44-56-76)34-31-61-37-49-67(50-38-61)79-82-80(68-51-39-62(40-52-68)32-35-65-45-57-77(58-46-65)86(72-23-11-3-12-24-72)73-25-13-4-14-26-73)84-81(83-79)69-53-41-63(42-54-69)33-36-66-47-59-78(60-48-66)87(74-27-15-5-16-28-74)75-29-17-6-18-30-75/h1-60H/b34-31+,35-32+,36-33+. The third kappa shape index (κ3) is 13.2. The lowest BCUT2D eigenvalue weighted by molar-refractivity contribution is 1.07. The molecule has 0 unspecified atom stereocenters. The first-order valence-electron chi connectivity index (χ1n) is 29.2. The highest BCUT2D eigenvalue weighted by Gasteiger charge is 2.16. The molecule has 0 saturated carbocycles. The second-order valence-electron chi connectivity index (χ2n) is 21.0. The second kappa shape index (κ2) is 26.2. The van der Waals surface area contributed by atoms with Gasteiger partial charge in [-0.25, -0.2) is 15.0 Å². The zero-order chi connectivity index (χ0) is 58.4. The van der Waals surface area contributed by atoms with Crippen LogP contribution in [0.2, 0.25) is 0 Å². The molecule has 0 spiro atoms. The van der Waals surface area contributed by atoms with Crippen molar-refractivity contribution in [2.75, 3.05) is 14.7 Å². The van der Waals surface area contributed by atoms with Crippen LogP contribution in [-0.4, -0.2) is 15.0 Å². The average Bonchev–Trinajstić information content (AvgIpc) is 3.51. The van der Waals surface area contributed by atoms with Gasteiger partial charge in [-0.3, -0.25) is 0 Å². The molecule has 0 radical (unpaired) electrons. The predicted molar refractivity (Wildman–Crippen MR) is 366 cm³/mol. The lowest BCUT2D eigenvalue weighted by Gasteiger charge is -2.25. The van der Waals surface area contributed by atoms with Gasteiger partial charge in [-0.2, -0.15) is 0 Å². The molecule has 1 heterocycles. The van der Waals surface area contributed by atoms with Crippen LogP contribution in [0.5, 0.6) is 0 Å². The summed E-state index contributed by atoms with van der Waals surface area (Å²) >= 11 is 0. The van der Waals surface area contributed by atoms with Crippen LogP contribution in [0.4, 0.5) is 51.2 Å². The molecule has 87 heavy (non-hydrogen) atoms. The summed E-state index contributed by atoms with van der Waals surface area (Å²) in [5, 5.41) is 0. The number of anilines is 9. The first-order valence-corrected chi connectivity index (χ1v) is 29.2. The van der Waals surface area contributed by atoms with Crippen molar-refractivity contribution < 1.29 is 0 Å². The molecule has 6 nitrogen and oxygen atoms in total. The van der Waals surface area contributed by atoms with Crippen molar-refractivity contribution in [2.45, 2.75) is 0 Å². The Balaban J connectivity index is 0.750. The van der Waals surface area contributed by atoms with Gasteiger partial charge >= 0.3 is 0 Å². The Kier molecular flexibility index (Phi) is 16.4. The average molecular weight is 1120 g/mol. The fraction of sp³-hybridized carbons (Fsp3) is 0. The normalized spacial score (nSPS) is 11.3. The molecule has 0 N–H and O–H groups in total. The number of rotatable bonds is 18. The van der Waals surface area contributed by atoms with Gasteiger partial charge in [-0.1, -0.05) is 255 Å². The van der Waals surface area contributed by atoms with Crippen LogP contribution >= 0.6 is 0 Å². The minimum Gasteiger partial charge on any atom is -0.311 e. The van der Waals surface area contributed by atoms with Crippen LogP contribution in [0.25, 0.3) is 70.6 Å². The van der Waals surface area contributed by atoms with E-state index in [2.05, 4.69) is 342 Å². The Morgan fingerprint density at radius 1 is 0.161 bits per heavy atom. The summed E-state index contributed by atoms with van der Waals surface area (Å²) < 4.78 is 0. The van der Waals surface area contributed by atoms with E-state index in [1.165, 1.54) is 0 Å². The van der Waals surface area contributed by atoms with E-state index in [1.807, 2.05) is 36.4 Å². The molecule has 0 bridgehead atoms. The van der Waals surface area contributed by atoms with Crippen molar-refractivity contribution in [3.63, 3.8) is 0 Å². The van der Waals surface area contributed by atoms with E-state index >= 15 is 0 Å². The molecule has 0 atom stereocenters. The van der Waals surface area contributed by atoms with Crippen molar-refractivity contribution >= 4 is 87.6 Å². The Bertz CT molecular complexity index is 3820. The summed E-state index contributed by atoms with van der Waals surface area (Å²) in [6, 6.07) is 114. The third-order valence-corrected chi connectivity index (χ3v) is 15.1. The van der Waals surface area contributed by atoms with Gasteiger partial charge in [-0.05, 0) is 143 Å². The van der Waals surface area contributed by atoms with E-state index in [0.29, 0.717) is 17.5 Å². The molecular formula is C81H60N6. The summed E-state index contributed by atoms with van der Waals surface area (Å²) in [6.45, 7) is 0. The number of hydrogen-bond donors (Lipinski definition) is 0. The largest absolute Gasteiger partial charge is 0.311 e. The summed E-state index contributed by atoms with van der Waals surface area (Å²) in [7, 11) is 0. The highest BCUT2D eigenvalue weighted by Crippen LogP contribution is 2.38. The van der Waals surface area contributed by atoms with Gasteiger partial charge in [0.1, 0.15) is 0 Å². The first-order chi connectivity index (χ1) is 43.1. The van der Waals surface area contributed by atoms with E-state index in [0.717, 1.165) is 101 Å². The highest BCUT2D eigenvalue weighted by atomic mass is 15.2. The van der Waals surface area contributed by atoms with Crippen LogP contribution < -0.4 is 14.7 Å². The van der Waals surface area contributed by atoms with Gasteiger partial charge < -0.3 is 14.7 Å². The molecule has 13 rings (SSSR count). The summed E-state index contributed by atoms with van der Waals surface area (Å²) in [5.41, 5.74) is 19.1. The topological polar surface area (TPSA) is 48.4 Å². The van der Waals surface area contributed by atoms with Crippen LogP contribution in [0.15, 0.2) is 328 Å². The molecule has 13 aromatic rings. The van der Waals surface area contributed by atoms with E-state index < -0.39 is 0 Å². The fourth-order valence-electron chi connectivity index (χ4n) is 10.6. The number of para-hydroxylation sites is 6. The number of nitrogens with zero attached hydrogens (tertiary/aromatic N) is 6. The first kappa shape index (κ1) is 54.5. The lowest BCUT2D eigenvalue weighted by Crippen LogP contribution is -2.09. The van der Waals surface area contributed by atoms with Gasteiger partial charge in [-0.15, -0.1) is 0 Å². The SMILES string of the molecule is C(=C\c1ccc(N(c2ccccc2)c2ccccc2)cc1)/c1ccc(-c2nc(-c3ccc(/C=C/c4ccc(N(c5ccccc5)c5ccccc5)cc4)cc3)nc(-c3ccc(/C=C/c4ccc(N(c5ccccc5)c5ccccc5)cc4)cc3)n2)cc1. The van der Waals surface area contributed by atoms with E-state index in [9.17, 15) is 0 Å². The molecule has 0 aliphatic heterocycles. The Labute approximate surface area is 509 Å². The summed E-state index contributed by atoms with van der Waals surface area (Å²) in [6.07, 6.45) is 12.9. The molecule has 0 fully saturated rings. The number of aromatic nitrogens is 3. The minimum atomic E-state index is 0.596. The van der Waals surface area contributed by atoms with Gasteiger partial charge in [0.15, 0.2) is 17.5 Å². The monoisotopic (exact) mass is 1120 g/mol. The highest BCUT2D eigenvalue weighted by molar-refractivity contribution is 5.82.